The number of hydrogen-bond acceptors (Lipinski definition) is 6. The van der Waals surface area contributed by atoms with Crippen molar-refractivity contribution in [1.29, 1.82) is 0 Å². The van der Waals surface area contributed by atoms with Crippen molar-refractivity contribution < 1.29 is 22.4 Å². The lowest BCUT2D eigenvalue weighted by atomic mass is 9.76. The minimum Gasteiger partial charge on any atom is -0.363 e. The van der Waals surface area contributed by atoms with Gasteiger partial charge in [-0.25, -0.2) is 24.3 Å². The number of nitrogens with one attached hydrogen (secondary N) is 1. The van der Waals surface area contributed by atoms with Gasteiger partial charge in [0.2, 0.25) is 0 Å². The minimum atomic E-state index is -4.68. The summed E-state index contributed by atoms with van der Waals surface area (Å²) < 4.78 is 53.1. The van der Waals surface area contributed by atoms with Gasteiger partial charge in [-0.3, -0.25) is 4.79 Å². The molecule has 0 unspecified atom stereocenters. The highest BCUT2D eigenvalue weighted by Gasteiger charge is 2.44. The zero-order valence-corrected chi connectivity index (χ0v) is 18.8. The molecule has 3 atom stereocenters. The third kappa shape index (κ3) is 4.54. The first-order chi connectivity index (χ1) is 16.7. The van der Waals surface area contributed by atoms with Crippen LogP contribution in [0.25, 0.3) is 11.4 Å². The number of aromatic nitrogens is 4. The van der Waals surface area contributed by atoms with Crippen molar-refractivity contribution in [3.8, 4) is 11.4 Å². The van der Waals surface area contributed by atoms with Gasteiger partial charge in [0.25, 0.3) is 5.91 Å². The van der Waals surface area contributed by atoms with Crippen molar-refractivity contribution in [3.63, 3.8) is 0 Å². The number of carbonyl (C=O) groups excluding carboxylic acids is 1. The number of halogens is 4. The molecule has 1 N–H and O–H groups in total. The van der Waals surface area contributed by atoms with E-state index in [4.69, 9.17) is 0 Å². The van der Waals surface area contributed by atoms with E-state index in [1.54, 1.807) is 42.4 Å². The van der Waals surface area contributed by atoms with Crippen LogP contribution >= 0.6 is 0 Å². The molecule has 3 aromatic heterocycles. The van der Waals surface area contributed by atoms with Gasteiger partial charge in [0, 0.05) is 36.9 Å². The molecule has 1 aliphatic carbocycles. The summed E-state index contributed by atoms with van der Waals surface area (Å²) in [6.45, 7) is 2.31. The van der Waals surface area contributed by atoms with Crippen LogP contribution in [-0.4, -0.2) is 49.4 Å². The molecule has 2 saturated heterocycles. The van der Waals surface area contributed by atoms with Gasteiger partial charge < -0.3 is 10.2 Å². The van der Waals surface area contributed by atoms with E-state index in [0.29, 0.717) is 48.7 Å². The predicted octanol–water partition coefficient (Wildman–Crippen LogP) is 4.51. The Labute approximate surface area is 198 Å². The van der Waals surface area contributed by atoms with Crippen molar-refractivity contribution in [2.24, 2.45) is 5.92 Å². The monoisotopic (exact) mass is 486 g/mol. The second-order valence-corrected chi connectivity index (χ2v) is 8.93. The Morgan fingerprint density at radius 2 is 1.91 bits per heavy atom. The second-order valence-electron chi connectivity index (χ2n) is 8.93. The zero-order valence-electron chi connectivity index (χ0n) is 18.8. The summed E-state index contributed by atoms with van der Waals surface area (Å²) in [6.07, 6.45) is 1.35. The fraction of sp³-hybridized carbons (Fsp3) is 0.375. The summed E-state index contributed by atoms with van der Waals surface area (Å²) in [5.41, 5.74) is 0.272. The summed E-state index contributed by atoms with van der Waals surface area (Å²) in [5.74, 6) is -1.06. The highest BCUT2D eigenvalue weighted by molar-refractivity contribution is 5.98. The van der Waals surface area contributed by atoms with E-state index >= 15 is 0 Å². The van der Waals surface area contributed by atoms with Crippen molar-refractivity contribution >= 4 is 11.7 Å². The number of rotatable bonds is 4. The van der Waals surface area contributed by atoms with E-state index < -0.39 is 17.6 Å². The molecule has 2 bridgehead atoms. The van der Waals surface area contributed by atoms with Gasteiger partial charge in [0.05, 0.1) is 17.2 Å². The summed E-state index contributed by atoms with van der Waals surface area (Å²) in [6, 6.07) is 5.02. The molecule has 3 fully saturated rings. The molecule has 3 aliphatic rings. The lowest BCUT2D eigenvalue weighted by molar-refractivity contribution is -0.138. The second kappa shape index (κ2) is 8.86. The van der Waals surface area contributed by atoms with Gasteiger partial charge in [-0.1, -0.05) is 0 Å². The van der Waals surface area contributed by atoms with E-state index in [9.17, 15) is 22.4 Å². The molecule has 5 heterocycles. The molecule has 7 nitrogen and oxygen atoms in total. The number of aryl methyl sites for hydroxylation is 1. The van der Waals surface area contributed by atoms with Crippen LogP contribution in [0.2, 0.25) is 0 Å². The van der Waals surface area contributed by atoms with Gasteiger partial charge in [-0.2, -0.15) is 13.2 Å². The number of anilines is 1. The Bertz CT molecular complexity index is 1250. The van der Waals surface area contributed by atoms with Crippen LogP contribution in [0.15, 0.2) is 42.9 Å². The van der Waals surface area contributed by atoms with Gasteiger partial charge >= 0.3 is 6.18 Å². The SMILES string of the molecule is Cc1ccc(-c2ncccn2)c(C(=O)N2C[C@@H]3CC[C@H]2[C@H](Nc2ncc(C(F)(F)F)cc2F)C3)n1. The maximum atomic E-state index is 14.5. The predicted molar refractivity (Wildman–Crippen MR) is 119 cm³/mol. The number of hydrogen-bond donors (Lipinski definition) is 1. The zero-order chi connectivity index (χ0) is 24.7. The average Bonchev–Trinajstić information content (AvgIpc) is 2.85. The Morgan fingerprint density at radius 3 is 2.60 bits per heavy atom. The fourth-order valence-corrected chi connectivity index (χ4v) is 4.93. The van der Waals surface area contributed by atoms with E-state index in [-0.39, 0.29) is 35.4 Å². The number of piperidine rings is 2. The number of nitrogens with zero attached hydrogens (tertiary/aromatic N) is 5. The molecular formula is C24H22F4N6O. The number of amides is 1. The molecule has 0 aromatic carbocycles. The molecular weight excluding hydrogens is 464 g/mol. The molecule has 0 radical (unpaired) electrons. The molecule has 1 amide bonds. The standard InChI is InChI=1S/C24H22F4N6O/c1-13-3-5-16(21-29-7-2-8-30-21)20(32-13)23(35)34-12-14-4-6-19(34)18(9-14)33-22-17(25)10-15(11-31-22)24(26,27)28/h2-3,5,7-8,10-11,14,18-19H,4,6,9,12H2,1H3,(H,31,33)/t14-,18-,19+/m1/s1. The largest absolute Gasteiger partial charge is 0.417 e. The molecule has 6 rings (SSSR count). The number of carbonyl (C=O) groups is 1. The van der Waals surface area contributed by atoms with Gasteiger partial charge in [-0.15, -0.1) is 0 Å². The third-order valence-corrected chi connectivity index (χ3v) is 6.57. The first-order valence-electron chi connectivity index (χ1n) is 11.3. The number of pyridine rings is 2. The highest BCUT2D eigenvalue weighted by atomic mass is 19.4. The van der Waals surface area contributed by atoms with E-state index in [2.05, 4.69) is 25.3 Å². The Hall–Kier alpha value is -3.63. The molecule has 182 valence electrons. The highest BCUT2D eigenvalue weighted by Crippen LogP contribution is 2.38. The van der Waals surface area contributed by atoms with Crippen LogP contribution in [-0.2, 0) is 6.18 Å². The molecule has 1 saturated carbocycles. The minimum absolute atomic E-state index is 0.167. The molecule has 35 heavy (non-hydrogen) atoms. The first kappa shape index (κ1) is 23.1. The van der Waals surface area contributed by atoms with Crippen LogP contribution in [0, 0.1) is 18.7 Å². The maximum Gasteiger partial charge on any atom is 0.417 e. The van der Waals surface area contributed by atoms with E-state index in [1.165, 1.54) is 0 Å². The van der Waals surface area contributed by atoms with Crippen LogP contribution in [0.4, 0.5) is 23.4 Å². The smallest absolute Gasteiger partial charge is 0.363 e. The van der Waals surface area contributed by atoms with Crippen molar-refractivity contribution in [3.05, 3.63) is 65.6 Å². The Morgan fingerprint density at radius 1 is 1.14 bits per heavy atom. The molecule has 3 aromatic rings. The summed E-state index contributed by atoms with van der Waals surface area (Å²) in [7, 11) is 0. The van der Waals surface area contributed by atoms with Crippen LogP contribution in [0.5, 0.6) is 0 Å². The number of alkyl halides is 3. The molecule has 11 heteroatoms. The van der Waals surface area contributed by atoms with E-state index in [0.717, 1.165) is 6.42 Å². The summed E-state index contributed by atoms with van der Waals surface area (Å²) >= 11 is 0. The first-order valence-corrected chi connectivity index (χ1v) is 11.3. The van der Waals surface area contributed by atoms with Crippen molar-refractivity contribution in [1.82, 2.24) is 24.8 Å². The van der Waals surface area contributed by atoms with E-state index in [1.807, 2.05) is 0 Å². The summed E-state index contributed by atoms with van der Waals surface area (Å²) in [4.78, 5) is 32.1. The summed E-state index contributed by atoms with van der Waals surface area (Å²) in [5, 5.41) is 2.96. The normalized spacial score (nSPS) is 21.7. The third-order valence-electron chi connectivity index (χ3n) is 6.57. The topological polar surface area (TPSA) is 83.9 Å². The maximum absolute atomic E-state index is 14.5. The van der Waals surface area contributed by atoms with Gasteiger partial charge in [0.15, 0.2) is 17.5 Å². The Balaban J connectivity index is 1.42. The average molecular weight is 486 g/mol. The quantitative estimate of drug-likeness (QED) is 0.547. The van der Waals surface area contributed by atoms with Crippen molar-refractivity contribution in [2.45, 2.75) is 44.4 Å². The van der Waals surface area contributed by atoms with Crippen LogP contribution < -0.4 is 5.32 Å². The van der Waals surface area contributed by atoms with Crippen molar-refractivity contribution in [2.75, 3.05) is 11.9 Å². The molecule has 2 aliphatic heterocycles. The van der Waals surface area contributed by atoms with Gasteiger partial charge in [-0.05, 0) is 56.4 Å². The lowest BCUT2D eigenvalue weighted by Gasteiger charge is -2.50. The van der Waals surface area contributed by atoms with Crippen LogP contribution in [0.3, 0.4) is 0 Å². The lowest BCUT2D eigenvalue weighted by Crippen LogP contribution is -2.60. The van der Waals surface area contributed by atoms with Crippen LogP contribution in [0.1, 0.15) is 41.0 Å². The van der Waals surface area contributed by atoms with Gasteiger partial charge in [0.1, 0.15) is 5.69 Å². The fourth-order valence-electron chi connectivity index (χ4n) is 4.93. The Kier molecular flexibility index (Phi) is 5.86. The molecule has 0 spiro atoms. The number of fused-ring (bicyclic) bond motifs is 3.